The number of allylic oxidation sites excluding steroid dienone is 2. The zero-order chi connectivity index (χ0) is 14.5. The third-order valence-electron chi connectivity index (χ3n) is 4.33. The van der Waals surface area contributed by atoms with Crippen LogP contribution in [0.25, 0.3) is 5.57 Å². The van der Waals surface area contributed by atoms with Gasteiger partial charge in [0.2, 0.25) is 0 Å². The number of rotatable bonds is 4. The lowest BCUT2D eigenvalue weighted by Gasteiger charge is -2.28. The van der Waals surface area contributed by atoms with Gasteiger partial charge in [0.25, 0.3) is 0 Å². The molecule has 0 N–H and O–H groups in total. The summed E-state index contributed by atoms with van der Waals surface area (Å²) in [6.07, 6.45) is 7.00. The van der Waals surface area contributed by atoms with Gasteiger partial charge in [0.1, 0.15) is 0 Å². The fourth-order valence-electron chi connectivity index (χ4n) is 3.38. The standard InChI is InChI=1S/C20H21Cl/c21-15-7-14-19(16-8-2-1-3-9-16)20-13-6-11-17-10-4-5-12-18(17)20/h1-5,8-10,12,14,20H,6-7,11,13,15H2. The van der Waals surface area contributed by atoms with Crippen molar-refractivity contribution in [2.45, 2.75) is 31.6 Å². The van der Waals surface area contributed by atoms with Gasteiger partial charge in [-0.25, -0.2) is 0 Å². The average molecular weight is 297 g/mol. The summed E-state index contributed by atoms with van der Waals surface area (Å²) >= 11 is 5.93. The second-order valence-corrected chi connectivity index (χ2v) is 6.02. The van der Waals surface area contributed by atoms with Gasteiger partial charge in [-0.3, -0.25) is 0 Å². The maximum atomic E-state index is 5.93. The summed E-state index contributed by atoms with van der Waals surface area (Å²) in [5.74, 6) is 1.20. The Kier molecular flexibility index (Phi) is 4.77. The van der Waals surface area contributed by atoms with E-state index >= 15 is 0 Å². The van der Waals surface area contributed by atoms with Gasteiger partial charge in [0.15, 0.2) is 0 Å². The molecule has 0 amide bonds. The van der Waals surface area contributed by atoms with Crippen LogP contribution in [0.2, 0.25) is 0 Å². The molecule has 0 spiro atoms. The molecule has 0 saturated heterocycles. The molecule has 1 heteroatoms. The highest BCUT2D eigenvalue weighted by molar-refractivity contribution is 6.18. The highest BCUT2D eigenvalue weighted by Gasteiger charge is 2.23. The van der Waals surface area contributed by atoms with Gasteiger partial charge < -0.3 is 0 Å². The van der Waals surface area contributed by atoms with E-state index in [-0.39, 0.29) is 0 Å². The largest absolute Gasteiger partial charge is 0.126 e. The molecule has 0 bridgehead atoms. The topological polar surface area (TPSA) is 0 Å². The van der Waals surface area contributed by atoms with Crippen LogP contribution in [0, 0.1) is 0 Å². The summed E-state index contributed by atoms with van der Waals surface area (Å²) in [6, 6.07) is 19.7. The highest BCUT2D eigenvalue weighted by Crippen LogP contribution is 2.41. The van der Waals surface area contributed by atoms with E-state index in [4.69, 9.17) is 11.6 Å². The van der Waals surface area contributed by atoms with Crippen molar-refractivity contribution < 1.29 is 0 Å². The molecule has 21 heavy (non-hydrogen) atoms. The Labute approximate surface area is 132 Å². The molecule has 1 unspecified atom stereocenters. The molecule has 2 aromatic rings. The van der Waals surface area contributed by atoms with Crippen LogP contribution in [0.3, 0.4) is 0 Å². The summed E-state index contributed by atoms with van der Waals surface area (Å²) in [5.41, 5.74) is 5.81. The van der Waals surface area contributed by atoms with Crippen molar-refractivity contribution in [3.63, 3.8) is 0 Å². The summed E-state index contributed by atoms with van der Waals surface area (Å²) in [7, 11) is 0. The second kappa shape index (κ2) is 6.95. The Balaban J connectivity index is 2.02. The van der Waals surface area contributed by atoms with Crippen molar-refractivity contribution in [2.75, 3.05) is 5.88 Å². The first-order chi connectivity index (χ1) is 10.4. The second-order valence-electron chi connectivity index (χ2n) is 5.65. The molecule has 0 heterocycles. The van der Waals surface area contributed by atoms with Crippen molar-refractivity contribution in [1.82, 2.24) is 0 Å². The predicted molar refractivity (Wildman–Crippen MR) is 91.9 cm³/mol. The number of fused-ring (bicyclic) bond motifs is 1. The monoisotopic (exact) mass is 296 g/mol. The third kappa shape index (κ3) is 3.22. The van der Waals surface area contributed by atoms with Crippen LogP contribution in [-0.4, -0.2) is 5.88 Å². The van der Waals surface area contributed by atoms with Crippen LogP contribution in [0.5, 0.6) is 0 Å². The van der Waals surface area contributed by atoms with Gasteiger partial charge in [0.05, 0.1) is 0 Å². The first-order valence-corrected chi connectivity index (χ1v) is 8.33. The van der Waals surface area contributed by atoms with Gasteiger partial charge in [-0.2, -0.15) is 0 Å². The Morgan fingerprint density at radius 3 is 2.62 bits per heavy atom. The SMILES string of the molecule is ClCCC=C(c1ccccc1)C1CCCc2ccccc21. The molecule has 0 nitrogen and oxygen atoms in total. The fourth-order valence-corrected chi connectivity index (χ4v) is 3.49. The Morgan fingerprint density at radius 1 is 1.05 bits per heavy atom. The fraction of sp³-hybridized carbons (Fsp3) is 0.300. The van der Waals surface area contributed by atoms with E-state index in [0.29, 0.717) is 11.8 Å². The summed E-state index contributed by atoms with van der Waals surface area (Å²) in [6.45, 7) is 0. The molecule has 0 saturated carbocycles. The predicted octanol–water partition coefficient (Wildman–Crippen LogP) is 5.82. The van der Waals surface area contributed by atoms with Crippen LogP contribution in [0.4, 0.5) is 0 Å². The number of halogens is 1. The average Bonchev–Trinajstić information content (AvgIpc) is 2.56. The smallest absolute Gasteiger partial charge is 0.0258 e. The Morgan fingerprint density at radius 2 is 1.81 bits per heavy atom. The molecule has 2 aromatic carbocycles. The van der Waals surface area contributed by atoms with E-state index < -0.39 is 0 Å². The Hall–Kier alpha value is -1.53. The van der Waals surface area contributed by atoms with Crippen molar-refractivity contribution in [3.05, 3.63) is 77.4 Å². The van der Waals surface area contributed by atoms with Crippen molar-refractivity contribution in [3.8, 4) is 0 Å². The van der Waals surface area contributed by atoms with E-state index in [1.807, 2.05) is 0 Å². The van der Waals surface area contributed by atoms with Crippen LogP contribution in [-0.2, 0) is 6.42 Å². The molecular formula is C20H21Cl. The lowest BCUT2D eigenvalue weighted by Crippen LogP contribution is -2.11. The van der Waals surface area contributed by atoms with Crippen LogP contribution in [0.1, 0.15) is 41.9 Å². The van der Waals surface area contributed by atoms with Gasteiger partial charge in [-0.1, -0.05) is 60.7 Å². The number of benzene rings is 2. The molecule has 0 aromatic heterocycles. The summed E-state index contributed by atoms with van der Waals surface area (Å²) < 4.78 is 0. The van der Waals surface area contributed by atoms with Crippen LogP contribution < -0.4 is 0 Å². The minimum Gasteiger partial charge on any atom is -0.126 e. The number of hydrogen-bond donors (Lipinski definition) is 0. The van der Waals surface area contributed by atoms with Gasteiger partial charge in [0, 0.05) is 11.8 Å². The van der Waals surface area contributed by atoms with E-state index in [1.54, 1.807) is 0 Å². The zero-order valence-electron chi connectivity index (χ0n) is 12.3. The minimum absolute atomic E-state index is 0.514. The third-order valence-corrected chi connectivity index (χ3v) is 4.54. The lowest BCUT2D eigenvalue weighted by atomic mass is 9.76. The molecular weight excluding hydrogens is 276 g/mol. The first-order valence-electron chi connectivity index (χ1n) is 7.79. The molecule has 108 valence electrons. The molecule has 0 fully saturated rings. The van der Waals surface area contributed by atoms with Crippen molar-refractivity contribution >= 4 is 17.2 Å². The molecule has 1 aliphatic rings. The molecule has 0 radical (unpaired) electrons. The van der Waals surface area contributed by atoms with Gasteiger partial charge in [-0.15, -0.1) is 11.6 Å². The van der Waals surface area contributed by atoms with Crippen molar-refractivity contribution in [2.24, 2.45) is 0 Å². The van der Waals surface area contributed by atoms with Crippen molar-refractivity contribution in [1.29, 1.82) is 0 Å². The van der Waals surface area contributed by atoms with E-state index in [9.17, 15) is 0 Å². The van der Waals surface area contributed by atoms with E-state index in [1.165, 1.54) is 41.5 Å². The molecule has 1 aliphatic carbocycles. The Bertz CT molecular complexity index is 613. The highest BCUT2D eigenvalue weighted by atomic mass is 35.5. The van der Waals surface area contributed by atoms with Crippen LogP contribution in [0.15, 0.2) is 60.7 Å². The zero-order valence-corrected chi connectivity index (χ0v) is 13.0. The van der Waals surface area contributed by atoms with E-state index in [2.05, 4.69) is 60.7 Å². The number of hydrogen-bond acceptors (Lipinski definition) is 0. The minimum atomic E-state index is 0.514. The maximum Gasteiger partial charge on any atom is 0.0258 e. The summed E-state index contributed by atoms with van der Waals surface area (Å²) in [5, 5.41) is 0. The quantitative estimate of drug-likeness (QED) is 0.624. The molecule has 0 aliphatic heterocycles. The molecule has 1 atom stereocenters. The lowest BCUT2D eigenvalue weighted by molar-refractivity contribution is 0.638. The molecule has 3 rings (SSSR count). The first kappa shape index (κ1) is 14.4. The van der Waals surface area contributed by atoms with Gasteiger partial charge >= 0.3 is 0 Å². The maximum absolute atomic E-state index is 5.93. The normalized spacial score (nSPS) is 18.3. The van der Waals surface area contributed by atoms with Crippen LogP contribution >= 0.6 is 11.6 Å². The van der Waals surface area contributed by atoms with E-state index in [0.717, 1.165) is 6.42 Å². The summed E-state index contributed by atoms with van der Waals surface area (Å²) in [4.78, 5) is 0. The number of alkyl halides is 1. The van der Waals surface area contributed by atoms with Gasteiger partial charge in [-0.05, 0) is 47.9 Å². The number of aryl methyl sites for hydroxylation is 1.